The van der Waals surface area contributed by atoms with E-state index in [2.05, 4.69) is 26.1 Å². The molecular formula is C13H27NO. The number of hydrogen-bond acceptors (Lipinski definition) is 2. The smallest absolute Gasteiger partial charge is 0.0569 e. The third kappa shape index (κ3) is 6.91. The van der Waals surface area contributed by atoms with Gasteiger partial charge in [-0.15, -0.1) is 0 Å². The first-order valence-corrected chi connectivity index (χ1v) is 6.55. The Morgan fingerprint density at radius 1 is 1.13 bits per heavy atom. The highest BCUT2D eigenvalue weighted by Gasteiger charge is 2.19. The molecular weight excluding hydrogens is 186 g/mol. The van der Waals surface area contributed by atoms with Gasteiger partial charge in [-0.25, -0.2) is 0 Å². The van der Waals surface area contributed by atoms with Crippen molar-refractivity contribution in [2.45, 2.75) is 65.0 Å². The molecule has 2 heteroatoms. The van der Waals surface area contributed by atoms with Crippen LogP contribution in [0.3, 0.4) is 0 Å². The molecule has 90 valence electrons. The molecule has 0 amide bonds. The van der Waals surface area contributed by atoms with Gasteiger partial charge in [-0.1, -0.05) is 13.8 Å². The van der Waals surface area contributed by atoms with Gasteiger partial charge in [0.05, 0.1) is 6.10 Å². The van der Waals surface area contributed by atoms with E-state index in [0.29, 0.717) is 12.0 Å². The number of hydrogen-bond donors (Lipinski definition) is 1. The van der Waals surface area contributed by atoms with Gasteiger partial charge in [0.1, 0.15) is 0 Å². The van der Waals surface area contributed by atoms with Crippen LogP contribution in [0.5, 0.6) is 0 Å². The van der Waals surface area contributed by atoms with Gasteiger partial charge < -0.3 is 10.1 Å². The lowest BCUT2D eigenvalue weighted by atomic mass is 10.1. The van der Waals surface area contributed by atoms with Gasteiger partial charge >= 0.3 is 0 Å². The Labute approximate surface area is 94.8 Å². The molecule has 15 heavy (non-hydrogen) atoms. The standard InChI is InChI=1S/C13H27NO/c1-11(2)12(3)15-10-6-4-5-9-14-13-7-8-13/h11-14H,4-10H2,1-3H3. The fourth-order valence-corrected chi connectivity index (χ4v) is 1.46. The predicted octanol–water partition coefficient (Wildman–Crippen LogP) is 2.97. The van der Waals surface area contributed by atoms with Crippen molar-refractivity contribution in [2.75, 3.05) is 13.2 Å². The SMILES string of the molecule is CC(C)C(C)OCCCCCNC1CC1. The molecule has 0 aromatic heterocycles. The average molecular weight is 213 g/mol. The molecule has 2 nitrogen and oxygen atoms in total. The van der Waals surface area contributed by atoms with Gasteiger partial charge in [-0.2, -0.15) is 0 Å². The topological polar surface area (TPSA) is 21.3 Å². The average Bonchev–Trinajstić information content (AvgIpc) is 2.99. The van der Waals surface area contributed by atoms with E-state index >= 15 is 0 Å². The second kappa shape index (κ2) is 7.24. The van der Waals surface area contributed by atoms with Crippen LogP contribution in [0.15, 0.2) is 0 Å². The lowest BCUT2D eigenvalue weighted by Crippen LogP contribution is -2.18. The summed E-state index contributed by atoms with van der Waals surface area (Å²) in [5, 5.41) is 3.53. The molecule has 0 radical (unpaired) electrons. The molecule has 1 atom stereocenters. The summed E-state index contributed by atoms with van der Waals surface area (Å²) in [5.74, 6) is 0.640. The molecule has 0 saturated heterocycles. The van der Waals surface area contributed by atoms with Crippen LogP contribution in [0, 0.1) is 5.92 Å². The van der Waals surface area contributed by atoms with Crippen LogP contribution in [0.4, 0.5) is 0 Å². The molecule has 0 bridgehead atoms. The highest BCUT2D eigenvalue weighted by molar-refractivity contribution is 4.80. The van der Waals surface area contributed by atoms with Crippen molar-refractivity contribution in [3.05, 3.63) is 0 Å². The molecule has 0 spiro atoms. The van der Waals surface area contributed by atoms with E-state index in [4.69, 9.17) is 4.74 Å². The molecule has 1 fully saturated rings. The Balaban J connectivity index is 1.75. The third-order valence-electron chi connectivity index (χ3n) is 3.15. The van der Waals surface area contributed by atoms with Gasteiger partial charge in [-0.3, -0.25) is 0 Å². The molecule has 0 heterocycles. The zero-order chi connectivity index (χ0) is 11.1. The molecule has 1 unspecified atom stereocenters. The number of nitrogens with one attached hydrogen (secondary N) is 1. The first-order chi connectivity index (χ1) is 7.20. The molecule has 0 aromatic carbocycles. The van der Waals surface area contributed by atoms with Crippen molar-refractivity contribution in [1.82, 2.24) is 5.32 Å². The summed E-state index contributed by atoms with van der Waals surface area (Å²) in [6.45, 7) is 8.72. The van der Waals surface area contributed by atoms with Gasteiger partial charge in [0, 0.05) is 12.6 Å². The van der Waals surface area contributed by atoms with E-state index in [-0.39, 0.29) is 0 Å². The second-order valence-corrected chi connectivity index (χ2v) is 5.11. The van der Waals surface area contributed by atoms with E-state index in [1.807, 2.05) is 0 Å². The predicted molar refractivity (Wildman–Crippen MR) is 65.1 cm³/mol. The van der Waals surface area contributed by atoms with Crippen molar-refractivity contribution in [1.29, 1.82) is 0 Å². The first-order valence-electron chi connectivity index (χ1n) is 6.55. The minimum absolute atomic E-state index is 0.412. The van der Waals surface area contributed by atoms with Gasteiger partial charge in [0.25, 0.3) is 0 Å². The van der Waals surface area contributed by atoms with Crippen molar-refractivity contribution in [2.24, 2.45) is 5.92 Å². The maximum absolute atomic E-state index is 5.72. The maximum atomic E-state index is 5.72. The van der Waals surface area contributed by atoms with Crippen LogP contribution in [0.1, 0.15) is 52.9 Å². The van der Waals surface area contributed by atoms with Gasteiger partial charge in [-0.05, 0) is 51.5 Å². The minimum Gasteiger partial charge on any atom is -0.378 e. The molecule has 0 aromatic rings. The zero-order valence-corrected chi connectivity index (χ0v) is 10.6. The van der Waals surface area contributed by atoms with Crippen LogP contribution in [0.25, 0.3) is 0 Å². The quantitative estimate of drug-likeness (QED) is 0.595. The Hall–Kier alpha value is -0.0800. The van der Waals surface area contributed by atoms with Crippen LogP contribution in [-0.2, 0) is 4.74 Å². The normalized spacial score (nSPS) is 18.4. The van der Waals surface area contributed by atoms with Crippen LogP contribution >= 0.6 is 0 Å². The molecule has 0 aliphatic heterocycles. The summed E-state index contributed by atoms with van der Waals surface area (Å²) >= 11 is 0. The van der Waals surface area contributed by atoms with Crippen LogP contribution in [-0.4, -0.2) is 25.3 Å². The molecule has 1 aliphatic rings. The van der Waals surface area contributed by atoms with E-state index in [0.717, 1.165) is 12.6 Å². The fraction of sp³-hybridized carbons (Fsp3) is 1.00. The van der Waals surface area contributed by atoms with Crippen molar-refractivity contribution >= 4 is 0 Å². The van der Waals surface area contributed by atoms with Crippen LogP contribution < -0.4 is 5.32 Å². The van der Waals surface area contributed by atoms with Crippen molar-refractivity contribution < 1.29 is 4.74 Å². The van der Waals surface area contributed by atoms with Gasteiger partial charge in [0.2, 0.25) is 0 Å². The third-order valence-corrected chi connectivity index (χ3v) is 3.15. The fourth-order valence-electron chi connectivity index (χ4n) is 1.46. The van der Waals surface area contributed by atoms with E-state index < -0.39 is 0 Å². The van der Waals surface area contributed by atoms with Crippen molar-refractivity contribution in [3.8, 4) is 0 Å². The van der Waals surface area contributed by atoms with Crippen molar-refractivity contribution in [3.63, 3.8) is 0 Å². The molecule has 1 saturated carbocycles. The molecule has 1 rings (SSSR count). The first kappa shape index (κ1) is 13.0. The summed E-state index contributed by atoms with van der Waals surface area (Å²) in [6, 6.07) is 0.863. The van der Waals surface area contributed by atoms with E-state index in [1.165, 1.54) is 38.6 Å². The van der Waals surface area contributed by atoms with Crippen LogP contribution in [0.2, 0.25) is 0 Å². The Morgan fingerprint density at radius 3 is 2.47 bits per heavy atom. The summed E-state index contributed by atoms with van der Waals surface area (Å²) in [7, 11) is 0. The van der Waals surface area contributed by atoms with E-state index in [1.54, 1.807) is 0 Å². The summed E-state index contributed by atoms with van der Waals surface area (Å²) in [4.78, 5) is 0. The Kier molecular flexibility index (Phi) is 6.26. The number of unbranched alkanes of at least 4 members (excludes halogenated alkanes) is 2. The summed E-state index contributed by atoms with van der Waals surface area (Å²) < 4.78 is 5.72. The Bertz CT molecular complexity index is 155. The Morgan fingerprint density at radius 2 is 1.87 bits per heavy atom. The number of rotatable bonds is 9. The number of ether oxygens (including phenoxy) is 1. The highest BCUT2D eigenvalue weighted by atomic mass is 16.5. The lowest BCUT2D eigenvalue weighted by molar-refractivity contribution is 0.0332. The van der Waals surface area contributed by atoms with E-state index in [9.17, 15) is 0 Å². The summed E-state index contributed by atoms with van der Waals surface area (Å²) in [5.41, 5.74) is 0. The molecule has 1 N–H and O–H groups in total. The monoisotopic (exact) mass is 213 g/mol. The summed E-state index contributed by atoms with van der Waals surface area (Å²) in [6.07, 6.45) is 7.02. The highest BCUT2D eigenvalue weighted by Crippen LogP contribution is 2.18. The second-order valence-electron chi connectivity index (χ2n) is 5.11. The van der Waals surface area contributed by atoms with Gasteiger partial charge in [0.15, 0.2) is 0 Å². The minimum atomic E-state index is 0.412. The lowest BCUT2D eigenvalue weighted by Gasteiger charge is -2.16. The maximum Gasteiger partial charge on any atom is 0.0569 e. The molecule has 1 aliphatic carbocycles. The largest absolute Gasteiger partial charge is 0.378 e. The zero-order valence-electron chi connectivity index (χ0n) is 10.6.